The summed E-state index contributed by atoms with van der Waals surface area (Å²) in [5, 5.41) is 20.4. The van der Waals surface area contributed by atoms with E-state index in [-0.39, 0.29) is 11.5 Å². The highest BCUT2D eigenvalue weighted by atomic mass is 16.3. The van der Waals surface area contributed by atoms with Crippen LogP contribution in [0.4, 0.5) is 0 Å². The van der Waals surface area contributed by atoms with E-state index in [1.807, 2.05) is 6.07 Å². The number of likely N-dealkylation sites (N-methyl/N-ethyl adjacent to an activating group) is 1. The number of quaternary nitrogens is 1. The lowest BCUT2D eigenvalue weighted by atomic mass is 9.75. The van der Waals surface area contributed by atoms with Crippen LogP contribution in [0.1, 0.15) is 36.1 Å². The monoisotopic (exact) mass is 310 g/mol. The summed E-state index contributed by atoms with van der Waals surface area (Å²) in [6.45, 7) is 4.61. The van der Waals surface area contributed by atoms with Gasteiger partial charge in [0.15, 0.2) is 11.5 Å². The van der Waals surface area contributed by atoms with E-state index in [0.29, 0.717) is 6.04 Å². The number of phenolic OH excluding ortho intramolecular Hbond substituents is 2. The van der Waals surface area contributed by atoms with Gasteiger partial charge in [0.05, 0.1) is 20.1 Å². The number of hydrogen-bond donors (Lipinski definition) is 2. The molecule has 1 aliphatic heterocycles. The molecule has 23 heavy (non-hydrogen) atoms. The van der Waals surface area contributed by atoms with Crippen molar-refractivity contribution in [2.75, 3.05) is 20.1 Å². The van der Waals surface area contributed by atoms with Crippen LogP contribution in [0.3, 0.4) is 0 Å². The molecule has 2 aliphatic rings. The minimum atomic E-state index is -0.0265. The summed E-state index contributed by atoms with van der Waals surface area (Å²) in [5.74, 6) is 0.00559. The third kappa shape index (κ3) is 1.99. The zero-order valence-electron chi connectivity index (χ0n) is 13.8. The van der Waals surface area contributed by atoms with Crippen molar-refractivity contribution in [3.63, 3.8) is 0 Å². The Kier molecular flexibility index (Phi) is 3.17. The molecule has 2 aromatic rings. The maximum absolute atomic E-state index is 10.4. The topological polar surface area (TPSA) is 40.5 Å². The molecule has 2 aromatic carbocycles. The molecule has 0 spiro atoms. The highest BCUT2D eigenvalue weighted by Gasteiger charge is 2.43. The number of hydrogen-bond acceptors (Lipinski definition) is 2. The van der Waals surface area contributed by atoms with Crippen molar-refractivity contribution < 1.29 is 14.7 Å². The summed E-state index contributed by atoms with van der Waals surface area (Å²) in [7, 11) is 2.37. The molecular formula is C20H24NO2+. The summed E-state index contributed by atoms with van der Waals surface area (Å²) in [4.78, 5) is 0. The number of nitrogens with zero attached hydrogens (tertiary/aromatic N) is 1. The van der Waals surface area contributed by atoms with E-state index >= 15 is 0 Å². The Bertz CT molecular complexity index is 783. The second-order valence-electron chi connectivity index (χ2n) is 7.24. The molecule has 0 radical (unpaired) electrons. The molecule has 3 nitrogen and oxygen atoms in total. The minimum Gasteiger partial charge on any atom is -0.504 e. The summed E-state index contributed by atoms with van der Waals surface area (Å²) < 4.78 is 1.07. The Hall–Kier alpha value is -2.00. The van der Waals surface area contributed by atoms with Crippen LogP contribution in [0.2, 0.25) is 0 Å². The predicted octanol–water partition coefficient (Wildman–Crippen LogP) is 3.77. The molecule has 1 heterocycles. The van der Waals surface area contributed by atoms with E-state index in [1.165, 1.54) is 30.6 Å². The fraction of sp³-hybridized carbons (Fsp3) is 0.400. The maximum Gasteiger partial charge on any atom is 0.165 e. The first kappa shape index (κ1) is 14.6. The molecule has 0 bridgehead atoms. The fourth-order valence-electron chi connectivity index (χ4n) is 4.69. The maximum atomic E-state index is 10.4. The fourth-order valence-corrected chi connectivity index (χ4v) is 4.69. The Balaban J connectivity index is 1.98. The highest BCUT2D eigenvalue weighted by Crippen LogP contribution is 2.51. The van der Waals surface area contributed by atoms with Gasteiger partial charge in [-0.1, -0.05) is 31.2 Å². The van der Waals surface area contributed by atoms with E-state index in [0.717, 1.165) is 34.0 Å². The van der Waals surface area contributed by atoms with Crippen LogP contribution in [0.5, 0.6) is 11.5 Å². The Morgan fingerprint density at radius 2 is 1.96 bits per heavy atom. The molecule has 1 unspecified atom stereocenters. The predicted molar refractivity (Wildman–Crippen MR) is 91.6 cm³/mol. The molecule has 0 amide bonds. The number of fused-ring (bicyclic) bond motifs is 2. The lowest BCUT2D eigenvalue weighted by molar-refractivity contribution is -0.941. The second kappa shape index (κ2) is 5.00. The van der Waals surface area contributed by atoms with Gasteiger partial charge >= 0.3 is 0 Å². The lowest BCUT2D eigenvalue weighted by Gasteiger charge is -2.48. The molecule has 120 valence electrons. The van der Waals surface area contributed by atoms with Gasteiger partial charge in [-0.05, 0) is 29.2 Å². The Morgan fingerprint density at radius 1 is 1.13 bits per heavy atom. The molecule has 4 rings (SSSR count). The molecule has 3 heteroatoms. The average Bonchev–Trinajstić information content (AvgIpc) is 2.55. The van der Waals surface area contributed by atoms with E-state index in [9.17, 15) is 10.2 Å². The van der Waals surface area contributed by atoms with Crippen molar-refractivity contribution in [3.05, 3.63) is 47.0 Å². The number of benzene rings is 2. The van der Waals surface area contributed by atoms with Crippen molar-refractivity contribution in [2.45, 2.75) is 32.2 Å². The zero-order valence-corrected chi connectivity index (χ0v) is 13.8. The van der Waals surface area contributed by atoms with Crippen molar-refractivity contribution in [3.8, 4) is 22.6 Å². The SMILES string of the molecule is CCC[N+]1(C)CCc2cccc3c2[C@H]1Cc1ccc(O)c(O)c1-3. The normalized spacial score (nSPS) is 24.9. The third-order valence-electron chi connectivity index (χ3n) is 5.83. The zero-order chi connectivity index (χ0) is 16.2. The Labute approximate surface area is 137 Å². The van der Waals surface area contributed by atoms with Gasteiger partial charge in [-0.2, -0.15) is 0 Å². The molecule has 0 aromatic heterocycles. The molecule has 1 aliphatic carbocycles. The standard InChI is InChI=1S/C20H23NO2/c1-3-10-21(2)11-9-13-5-4-6-15-18(13)16(21)12-14-7-8-17(22)20(23)19(14)15/h4-8,16H,3,9-12H2,1-2H3,(H-,22,23)/p+1/t16-,21?/m1/s1. The molecule has 2 atom stereocenters. The van der Waals surface area contributed by atoms with Gasteiger partial charge in [0.2, 0.25) is 0 Å². The van der Waals surface area contributed by atoms with Crippen molar-refractivity contribution in [1.82, 2.24) is 0 Å². The first-order chi connectivity index (χ1) is 11.0. The molecule has 0 saturated carbocycles. The van der Waals surface area contributed by atoms with Crippen LogP contribution in [-0.4, -0.2) is 34.8 Å². The minimum absolute atomic E-state index is 0.0265. The quantitative estimate of drug-likeness (QED) is 0.655. The van der Waals surface area contributed by atoms with Crippen LogP contribution in [-0.2, 0) is 12.8 Å². The van der Waals surface area contributed by atoms with Crippen LogP contribution < -0.4 is 0 Å². The number of phenols is 2. The molecule has 0 fully saturated rings. The van der Waals surface area contributed by atoms with E-state index in [2.05, 4.69) is 32.2 Å². The summed E-state index contributed by atoms with van der Waals surface area (Å²) in [5.41, 5.74) is 5.90. The largest absolute Gasteiger partial charge is 0.504 e. The van der Waals surface area contributed by atoms with Crippen molar-refractivity contribution in [2.24, 2.45) is 0 Å². The van der Waals surface area contributed by atoms with E-state index in [4.69, 9.17) is 0 Å². The second-order valence-corrected chi connectivity index (χ2v) is 7.24. The summed E-state index contributed by atoms with van der Waals surface area (Å²) in [6, 6.07) is 10.5. The first-order valence-corrected chi connectivity index (χ1v) is 8.55. The van der Waals surface area contributed by atoms with Gasteiger partial charge in [-0.3, -0.25) is 0 Å². The van der Waals surface area contributed by atoms with Crippen molar-refractivity contribution >= 4 is 0 Å². The Morgan fingerprint density at radius 3 is 2.74 bits per heavy atom. The van der Waals surface area contributed by atoms with Crippen LogP contribution in [0, 0.1) is 0 Å². The van der Waals surface area contributed by atoms with Gasteiger partial charge in [0.25, 0.3) is 0 Å². The van der Waals surface area contributed by atoms with Gasteiger partial charge in [0, 0.05) is 24.0 Å². The van der Waals surface area contributed by atoms with Gasteiger partial charge in [-0.15, -0.1) is 0 Å². The van der Waals surface area contributed by atoms with Crippen LogP contribution >= 0.6 is 0 Å². The van der Waals surface area contributed by atoms with E-state index < -0.39 is 0 Å². The van der Waals surface area contributed by atoms with Crippen LogP contribution in [0.25, 0.3) is 11.1 Å². The van der Waals surface area contributed by atoms with Gasteiger partial charge < -0.3 is 14.7 Å². The first-order valence-electron chi connectivity index (χ1n) is 8.55. The van der Waals surface area contributed by atoms with E-state index in [1.54, 1.807) is 6.07 Å². The average molecular weight is 310 g/mol. The molecular weight excluding hydrogens is 286 g/mol. The highest BCUT2D eigenvalue weighted by molar-refractivity contribution is 5.82. The molecule has 0 saturated heterocycles. The summed E-state index contributed by atoms with van der Waals surface area (Å²) in [6.07, 6.45) is 3.20. The van der Waals surface area contributed by atoms with Crippen LogP contribution in [0.15, 0.2) is 30.3 Å². The number of rotatable bonds is 2. The molecule has 2 N–H and O–H groups in total. The third-order valence-corrected chi connectivity index (χ3v) is 5.83. The lowest BCUT2D eigenvalue weighted by Crippen LogP contribution is -2.53. The summed E-state index contributed by atoms with van der Waals surface area (Å²) >= 11 is 0. The van der Waals surface area contributed by atoms with Crippen molar-refractivity contribution in [1.29, 1.82) is 0 Å². The van der Waals surface area contributed by atoms with Gasteiger partial charge in [0.1, 0.15) is 6.04 Å². The smallest absolute Gasteiger partial charge is 0.165 e. The van der Waals surface area contributed by atoms with Gasteiger partial charge in [-0.25, -0.2) is 0 Å². The number of aromatic hydroxyl groups is 2.